The summed E-state index contributed by atoms with van der Waals surface area (Å²) in [4.78, 5) is 0. The number of unbranched alkanes of at least 4 members (excludes halogenated alkanes) is 9. The van der Waals surface area contributed by atoms with Crippen LogP contribution >= 0.6 is 11.6 Å². The molecule has 0 unspecified atom stereocenters. The molecule has 0 spiro atoms. The first-order valence-electron chi connectivity index (χ1n) is 8.49. The van der Waals surface area contributed by atoms with Gasteiger partial charge in [-0.05, 0) is 12.8 Å². The summed E-state index contributed by atoms with van der Waals surface area (Å²) in [7, 11) is 0. The number of aromatic nitrogens is 2. The Morgan fingerprint density at radius 1 is 0.900 bits per heavy atom. The van der Waals surface area contributed by atoms with E-state index in [9.17, 15) is 0 Å². The zero-order valence-electron chi connectivity index (χ0n) is 13.3. The maximum absolute atomic E-state index is 6.10. The number of rotatable bonds is 12. The molecule has 0 saturated heterocycles. The third-order valence-corrected chi connectivity index (χ3v) is 4.18. The van der Waals surface area contributed by atoms with Gasteiger partial charge in [0.15, 0.2) is 0 Å². The van der Waals surface area contributed by atoms with E-state index in [2.05, 4.69) is 18.9 Å². The Bertz CT molecular complexity index is 347. The van der Waals surface area contributed by atoms with Crippen LogP contribution in [-0.4, -0.2) is 9.78 Å². The molecule has 2 nitrogen and oxygen atoms in total. The van der Waals surface area contributed by atoms with E-state index >= 15 is 0 Å². The molecule has 0 radical (unpaired) electrons. The fraction of sp³-hybridized carbons (Fsp3) is 0.824. The average molecular weight is 299 g/mol. The maximum atomic E-state index is 6.10. The second-order valence-corrected chi connectivity index (χ2v) is 6.13. The highest BCUT2D eigenvalue weighted by Crippen LogP contribution is 2.15. The second-order valence-electron chi connectivity index (χ2n) is 5.72. The Morgan fingerprint density at radius 2 is 1.45 bits per heavy atom. The molecule has 0 amide bonds. The van der Waals surface area contributed by atoms with Crippen LogP contribution in [0.1, 0.15) is 83.7 Å². The summed E-state index contributed by atoms with van der Waals surface area (Å²) in [6, 6.07) is 0. The Labute approximate surface area is 129 Å². The number of nitrogens with zero attached hydrogens (tertiary/aromatic N) is 2. The van der Waals surface area contributed by atoms with Gasteiger partial charge in [-0.3, -0.25) is 4.68 Å². The minimum Gasteiger partial charge on any atom is -0.271 e. The zero-order chi connectivity index (χ0) is 14.6. The van der Waals surface area contributed by atoms with Gasteiger partial charge in [0.2, 0.25) is 0 Å². The van der Waals surface area contributed by atoms with Gasteiger partial charge in [0.05, 0.1) is 10.7 Å². The topological polar surface area (TPSA) is 17.8 Å². The van der Waals surface area contributed by atoms with Gasteiger partial charge in [-0.15, -0.1) is 0 Å². The zero-order valence-corrected chi connectivity index (χ0v) is 14.1. The predicted octanol–water partition coefficient (Wildman–Crippen LogP) is 6.02. The first-order valence-corrected chi connectivity index (χ1v) is 8.87. The molecule has 116 valence electrons. The largest absolute Gasteiger partial charge is 0.271 e. The van der Waals surface area contributed by atoms with E-state index in [1.165, 1.54) is 64.2 Å². The van der Waals surface area contributed by atoms with Crippen LogP contribution in [0.25, 0.3) is 0 Å². The van der Waals surface area contributed by atoms with Gasteiger partial charge in [-0.2, -0.15) is 5.10 Å². The third-order valence-electron chi connectivity index (χ3n) is 3.86. The second kappa shape index (κ2) is 11.2. The van der Waals surface area contributed by atoms with Crippen LogP contribution in [0.15, 0.2) is 6.20 Å². The molecule has 0 saturated carbocycles. The van der Waals surface area contributed by atoms with Crippen molar-refractivity contribution in [2.75, 3.05) is 0 Å². The van der Waals surface area contributed by atoms with Crippen molar-refractivity contribution in [3.05, 3.63) is 16.9 Å². The first-order chi connectivity index (χ1) is 9.77. The van der Waals surface area contributed by atoms with Gasteiger partial charge in [0.1, 0.15) is 0 Å². The lowest BCUT2D eigenvalue weighted by molar-refractivity contribution is 0.513. The van der Waals surface area contributed by atoms with Crippen molar-refractivity contribution in [1.29, 1.82) is 0 Å². The molecule has 1 heterocycles. The predicted molar refractivity (Wildman–Crippen MR) is 88.5 cm³/mol. The minimum absolute atomic E-state index is 0.819. The summed E-state index contributed by atoms with van der Waals surface area (Å²) in [6.07, 6.45) is 16.6. The van der Waals surface area contributed by atoms with Crippen molar-refractivity contribution in [2.24, 2.45) is 0 Å². The lowest BCUT2D eigenvalue weighted by Gasteiger charge is -2.03. The number of hydrogen-bond acceptors (Lipinski definition) is 1. The smallest absolute Gasteiger partial charge is 0.0817 e. The normalized spacial score (nSPS) is 11.2. The van der Waals surface area contributed by atoms with Crippen LogP contribution in [0.2, 0.25) is 5.02 Å². The molecule has 0 fully saturated rings. The van der Waals surface area contributed by atoms with Crippen molar-refractivity contribution in [2.45, 2.75) is 91.0 Å². The van der Waals surface area contributed by atoms with Gasteiger partial charge in [0.25, 0.3) is 0 Å². The van der Waals surface area contributed by atoms with Gasteiger partial charge < -0.3 is 0 Å². The highest BCUT2D eigenvalue weighted by atomic mass is 35.5. The molecule has 0 aliphatic heterocycles. The summed E-state index contributed by atoms with van der Waals surface area (Å²) >= 11 is 6.10. The van der Waals surface area contributed by atoms with E-state index in [-0.39, 0.29) is 0 Å². The molecule has 0 aliphatic rings. The summed E-state index contributed by atoms with van der Waals surface area (Å²) in [6.45, 7) is 5.38. The van der Waals surface area contributed by atoms with Gasteiger partial charge in [0, 0.05) is 12.7 Å². The van der Waals surface area contributed by atoms with Crippen LogP contribution in [0.5, 0.6) is 0 Å². The monoisotopic (exact) mass is 298 g/mol. The molecule has 0 aliphatic carbocycles. The van der Waals surface area contributed by atoms with E-state index < -0.39 is 0 Å². The standard InChI is InChI=1S/C17H31ClN2/c1-3-5-6-7-8-9-10-11-12-13-14-20-15-16(18)17(4-2)19-20/h15H,3-14H2,1-2H3. The van der Waals surface area contributed by atoms with Crippen molar-refractivity contribution in [1.82, 2.24) is 9.78 Å². The van der Waals surface area contributed by atoms with Gasteiger partial charge in [-0.25, -0.2) is 0 Å². The van der Waals surface area contributed by atoms with Crippen LogP contribution in [0, 0.1) is 0 Å². The number of hydrogen-bond donors (Lipinski definition) is 0. The molecule has 0 aromatic carbocycles. The summed E-state index contributed by atoms with van der Waals surface area (Å²) in [5.74, 6) is 0. The Morgan fingerprint density at radius 3 is 1.95 bits per heavy atom. The molecular formula is C17H31ClN2. The highest BCUT2D eigenvalue weighted by molar-refractivity contribution is 6.31. The van der Waals surface area contributed by atoms with E-state index in [0.717, 1.165) is 23.7 Å². The fourth-order valence-electron chi connectivity index (χ4n) is 2.55. The van der Waals surface area contributed by atoms with E-state index in [1.54, 1.807) is 0 Å². The molecule has 0 N–H and O–H groups in total. The Balaban J connectivity index is 1.94. The van der Waals surface area contributed by atoms with E-state index in [4.69, 9.17) is 11.6 Å². The molecule has 1 aromatic rings. The fourth-order valence-corrected chi connectivity index (χ4v) is 2.84. The van der Waals surface area contributed by atoms with Crippen LogP contribution in [0.4, 0.5) is 0 Å². The van der Waals surface area contributed by atoms with Crippen LogP contribution < -0.4 is 0 Å². The van der Waals surface area contributed by atoms with Crippen molar-refractivity contribution >= 4 is 11.6 Å². The molecule has 3 heteroatoms. The van der Waals surface area contributed by atoms with Crippen LogP contribution in [-0.2, 0) is 13.0 Å². The third kappa shape index (κ3) is 7.33. The average Bonchev–Trinajstić information content (AvgIpc) is 2.81. The quantitative estimate of drug-likeness (QED) is 0.431. The molecule has 20 heavy (non-hydrogen) atoms. The van der Waals surface area contributed by atoms with Crippen molar-refractivity contribution in [3.63, 3.8) is 0 Å². The summed E-state index contributed by atoms with van der Waals surface area (Å²) < 4.78 is 2.01. The van der Waals surface area contributed by atoms with Gasteiger partial charge >= 0.3 is 0 Å². The first kappa shape index (κ1) is 17.6. The van der Waals surface area contributed by atoms with Gasteiger partial charge in [-0.1, -0.05) is 83.2 Å². The number of halogens is 1. The SMILES string of the molecule is CCCCCCCCCCCCn1cc(Cl)c(CC)n1. The molecule has 1 rings (SSSR count). The van der Waals surface area contributed by atoms with E-state index in [0.29, 0.717) is 0 Å². The van der Waals surface area contributed by atoms with E-state index in [1.807, 2.05) is 10.9 Å². The molecular weight excluding hydrogens is 268 g/mol. The summed E-state index contributed by atoms with van der Waals surface area (Å²) in [5.41, 5.74) is 1.03. The van der Waals surface area contributed by atoms with Crippen molar-refractivity contribution < 1.29 is 0 Å². The minimum atomic E-state index is 0.819. The maximum Gasteiger partial charge on any atom is 0.0817 e. The highest BCUT2D eigenvalue weighted by Gasteiger charge is 2.03. The van der Waals surface area contributed by atoms with Crippen molar-refractivity contribution in [3.8, 4) is 0 Å². The molecule has 0 bridgehead atoms. The molecule has 0 atom stereocenters. The number of aryl methyl sites for hydroxylation is 2. The molecule has 1 aromatic heterocycles. The van der Waals surface area contributed by atoms with Crippen LogP contribution in [0.3, 0.4) is 0 Å². The summed E-state index contributed by atoms with van der Waals surface area (Å²) in [5, 5.41) is 5.31. The Kier molecular flexibility index (Phi) is 9.82. The lowest BCUT2D eigenvalue weighted by atomic mass is 10.1. The Hall–Kier alpha value is -0.500. The lowest BCUT2D eigenvalue weighted by Crippen LogP contribution is -1.99.